The predicted molar refractivity (Wildman–Crippen MR) is 96.1 cm³/mol. The van der Waals surface area contributed by atoms with Gasteiger partial charge in [0, 0.05) is 29.5 Å². The Morgan fingerprint density at radius 3 is 2.81 bits per heavy atom. The predicted octanol–water partition coefficient (Wildman–Crippen LogP) is 3.65. The number of benzene rings is 2. The minimum absolute atomic E-state index is 0.169. The number of carbonyl (C=O) groups excluding carboxylic acids is 1. The van der Waals surface area contributed by atoms with Crippen molar-refractivity contribution in [2.45, 2.75) is 6.42 Å². The van der Waals surface area contributed by atoms with E-state index in [1.165, 1.54) is 23.5 Å². The summed E-state index contributed by atoms with van der Waals surface area (Å²) in [5.74, 6) is 0.799. The van der Waals surface area contributed by atoms with E-state index in [2.05, 4.69) is 10.3 Å². The number of ether oxygens (including phenoxy) is 2. The Balaban J connectivity index is 1.33. The first kappa shape index (κ1) is 16.5. The first-order chi connectivity index (χ1) is 12.7. The molecule has 0 atom stereocenters. The second kappa shape index (κ2) is 7.13. The highest BCUT2D eigenvalue weighted by molar-refractivity contribution is 7.13. The number of thiazole rings is 1. The number of amides is 1. The molecule has 0 fully saturated rings. The molecule has 1 aromatic heterocycles. The fourth-order valence-corrected chi connectivity index (χ4v) is 3.45. The summed E-state index contributed by atoms with van der Waals surface area (Å²) in [6.07, 6.45) is 0.619. The second-order valence-corrected chi connectivity index (χ2v) is 6.58. The lowest BCUT2D eigenvalue weighted by atomic mass is 10.2. The van der Waals surface area contributed by atoms with E-state index >= 15 is 0 Å². The molecule has 1 amide bonds. The van der Waals surface area contributed by atoms with E-state index in [1.54, 1.807) is 30.3 Å². The zero-order valence-corrected chi connectivity index (χ0v) is 14.5. The number of nitrogens with zero attached hydrogens (tertiary/aromatic N) is 1. The third-order valence-electron chi connectivity index (χ3n) is 3.94. The average molecular weight is 370 g/mol. The van der Waals surface area contributed by atoms with Crippen LogP contribution in [0.15, 0.2) is 47.8 Å². The molecule has 0 bridgehead atoms. The molecule has 26 heavy (non-hydrogen) atoms. The number of hydrogen-bond acceptors (Lipinski definition) is 5. The van der Waals surface area contributed by atoms with Crippen molar-refractivity contribution in [1.29, 1.82) is 0 Å². The van der Waals surface area contributed by atoms with Gasteiger partial charge < -0.3 is 14.8 Å². The highest BCUT2D eigenvalue weighted by Crippen LogP contribution is 2.32. The second-order valence-electron chi connectivity index (χ2n) is 5.72. The summed E-state index contributed by atoms with van der Waals surface area (Å²) in [6, 6.07) is 11.4. The first-order valence-electron chi connectivity index (χ1n) is 8.07. The molecule has 5 nitrogen and oxygen atoms in total. The van der Waals surface area contributed by atoms with Crippen molar-refractivity contribution in [2.75, 3.05) is 13.3 Å². The van der Waals surface area contributed by atoms with E-state index in [4.69, 9.17) is 9.47 Å². The topological polar surface area (TPSA) is 60.5 Å². The lowest BCUT2D eigenvalue weighted by Crippen LogP contribution is -2.25. The quantitative estimate of drug-likeness (QED) is 0.745. The van der Waals surface area contributed by atoms with Crippen molar-refractivity contribution < 1.29 is 18.7 Å². The van der Waals surface area contributed by atoms with Crippen molar-refractivity contribution in [1.82, 2.24) is 10.3 Å². The van der Waals surface area contributed by atoms with Gasteiger partial charge in [-0.2, -0.15) is 0 Å². The molecule has 132 valence electrons. The summed E-state index contributed by atoms with van der Waals surface area (Å²) in [7, 11) is 0. The van der Waals surface area contributed by atoms with Crippen LogP contribution in [-0.4, -0.2) is 24.2 Å². The Morgan fingerprint density at radius 1 is 1.15 bits per heavy atom. The van der Waals surface area contributed by atoms with Gasteiger partial charge in [0.15, 0.2) is 11.5 Å². The van der Waals surface area contributed by atoms with E-state index in [-0.39, 0.29) is 18.5 Å². The Bertz CT molecular complexity index is 940. The monoisotopic (exact) mass is 370 g/mol. The minimum Gasteiger partial charge on any atom is -0.454 e. The van der Waals surface area contributed by atoms with Gasteiger partial charge >= 0.3 is 0 Å². The van der Waals surface area contributed by atoms with E-state index in [0.717, 1.165) is 16.3 Å². The van der Waals surface area contributed by atoms with Gasteiger partial charge in [-0.3, -0.25) is 4.79 Å². The molecule has 1 aliphatic heterocycles. The molecular formula is C19H15FN2O3S. The molecule has 0 radical (unpaired) electrons. The molecule has 0 unspecified atom stereocenters. The van der Waals surface area contributed by atoms with E-state index < -0.39 is 0 Å². The number of fused-ring (bicyclic) bond motifs is 1. The Kier molecular flexibility index (Phi) is 4.53. The molecule has 0 spiro atoms. The highest BCUT2D eigenvalue weighted by atomic mass is 32.1. The molecule has 0 aliphatic carbocycles. The Labute approximate surface area is 153 Å². The number of aromatic nitrogens is 1. The third-order valence-corrected chi connectivity index (χ3v) is 4.88. The molecule has 7 heteroatoms. The third kappa shape index (κ3) is 3.52. The van der Waals surface area contributed by atoms with Crippen LogP contribution in [0.4, 0.5) is 4.39 Å². The van der Waals surface area contributed by atoms with Gasteiger partial charge in [0.2, 0.25) is 6.79 Å². The maximum Gasteiger partial charge on any atom is 0.251 e. The normalized spacial score (nSPS) is 12.2. The molecule has 1 N–H and O–H groups in total. The van der Waals surface area contributed by atoms with Gasteiger partial charge in [-0.15, -0.1) is 11.3 Å². The van der Waals surface area contributed by atoms with Gasteiger partial charge in [-0.05, 0) is 42.5 Å². The summed E-state index contributed by atoms with van der Waals surface area (Å²) in [4.78, 5) is 16.8. The van der Waals surface area contributed by atoms with Crippen LogP contribution in [0, 0.1) is 5.82 Å². The standard InChI is InChI=1S/C19H15FN2O3S/c20-14-4-1-12(2-5-14)19-22-15(10-26-19)7-8-21-18(23)13-3-6-16-17(9-13)25-11-24-16/h1-6,9-10H,7-8,11H2,(H,21,23). The Morgan fingerprint density at radius 2 is 1.96 bits per heavy atom. The highest BCUT2D eigenvalue weighted by Gasteiger charge is 2.16. The van der Waals surface area contributed by atoms with Crippen molar-refractivity contribution in [3.05, 3.63) is 64.9 Å². The lowest BCUT2D eigenvalue weighted by molar-refractivity contribution is 0.0953. The summed E-state index contributed by atoms with van der Waals surface area (Å²) >= 11 is 1.50. The molecule has 3 aromatic rings. The maximum absolute atomic E-state index is 13.0. The van der Waals surface area contributed by atoms with Gasteiger partial charge in [0.05, 0.1) is 5.69 Å². The van der Waals surface area contributed by atoms with Crippen molar-refractivity contribution in [3.63, 3.8) is 0 Å². The Hall–Kier alpha value is -2.93. The van der Waals surface area contributed by atoms with Crippen LogP contribution in [0.1, 0.15) is 16.1 Å². The van der Waals surface area contributed by atoms with Crippen LogP contribution >= 0.6 is 11.3 Å². The van der Waals surface area contributed by atoms with Crippen LogP contribution in [0.3, 0.4) is 0 Å². The molecular weight excluding hydrogens is 355 g/mol. The summed E-state index contributed by atoms with van der Waals surface area (Å²) in [5.41, 5.74) is 2.30. The number of carbonyl (C=O) groups is 1. The van der Waals surface area contributed by atoms with Crippen molar-refractivity contribution in [2.24, 2.45) is 0 Å². The number of nitrogens with one attached hydrogen (secondary N) is 1. The fraction of sp³-hybridized carbons (Fsp3) is 0.158. The van der Waals surface area contributed by atoms with E-state index in [1.807, 2.05) is 5.38 Å². The smallest absolute Gasteiger partial charge is 0.251 e. The van der Waals surface area contributed by atoms with Crippen LogP contribution < -0.4 is 14.8 Å². The van der Waals surface area contributed by atoms with Crippen molar-refractivity contribution >= 4 is 17.2 Å². The minimum atomic E-state index is -0.267. The average Bonchev–Trinajstić information content (AvgIpc) is 3.31. The number of halogens is 1. The molecule has 2 heterocycles. The summed E-state index contributed by atoms with van der Waals surface area (Å²) in [5, 5.41) is 5.66. The maximum atomic E-state index is 13.0. The summed E-state index contributed by atoms with van der Waals surface area (Å²) in [6.45, 7) is 0.653. The number of rotatable bonds is 5. The summed E-state index contributed by atoms with van der Waals surface area (Å²) < 4.78 is 23.5. The van der Waals surface area contributed by atoms with Crippen LogP contribution in [-0.2, 0) is 6.42 Å². The molecule has 0 saturated heterocycles. The molecule has 0 saturated carbocycles. The SMILES string of the molecule is O=C(NCCc1csc(-c2ccc(F)cc2)n1)c1ccc2c(c1)OCO2. The van der Waals surface area contributed by atoms with Crippen LogP contribution in [0.2, 0.25) is 0 Å². The first-order valence-corrected chi connectivity index (χ1v) is 8.95. The fourth-order valence-electron chi connectivity index (χ4n) is 2.59. The molecule has 1 aliphatic rings. The van der Waals surface area contributed by atoms with E-state index in [9.17, 15) is 9.18 Å². The molecule has 2 aromatic carbocycles. The van der Waals surface area contributed by atoms with Gasteiger partial charge in [-0.1, -0.05) is 0 Å². The lowest BCUT2D eigenvalue weighted by Gasteiger charge is -2.05. The van der Waals surface area contributed by atoms with Gasteiger partial charge in [0.25, 0.3) is 5.91 Å². The van der Waals surface area contributed by atoms with Crippen LogP contribution in [0.25, 0.3) is 10.6 Å². The van der Waals surface area contributed by atoms with Gasteiger partial charge in [0.1, 0.15) is 10.8 Å². The van der Waals surface area contributed by atoms with Crippen LogP contribution in [0.5, 0.6) is 11.5 Å². The van der Waals surface area contributed by atoms with E-state index in [0.29, 0.717) is 30.0 Å². The van der Waals surface area contributed by atoms with Crippen molar-refractivity contribution in [3.8, 4) is 22.1 Å². The number of hydrogen-bond donors (Lipinski definition) is 1. The zero-order chi connectivity index (χ0) is 17.9. The van der Waals surface area contributed by atoms with Gasteiger partial charge in [-0.25, -0.2) is 9.37 Å². The molecule has 4 rings (SSSR count). The largest absolute Gasteiger partial charge is 0.454 e. The zero-order valence-electron chi connectivity index (χ0n) is 13.7.